The van der Waals surface area contributed by atoms with Gasteiger partial charge in [-0.3, -0.25) is 4.79 Å². The maximum Gasteiger partial charge on any atom is 0.328 e. The third-order valence-corrected chi connectivity index (χ3v) is 2.31. The first-order valence-electron chi connectivity index (χ1n) is 4.85. The molecule has 0 aliphatic heterocycles. The molecule has 0 radical (unpaired) electrons. The first-order chi connectivity index (χ1) is 7.93. The number of aliphatic carboxylic acids is 1. The molecule has 17 heavy (non-hydrogen) atoms. The van der Waals surface area contributed by atoms with E-state index in [0.29, 0.717) is 5.02 Å². The highest BCUT2D eigenvalue weighted by Gasteiger charge is 2.19. The van der Waals surface area contributed by atoms with E-state index in [4.69, 9.17) is 21.8 Å². The molecule has 0 fully saturated rings. The number of aliphatic hydroxyl groups excluding tert-OH is 1. The summed E-state index contributed by atoms with van der Waals surface area (Å²) in [6, 6.07) is 3.37. The van der Waals surface area contributed by atoms with E-state index in [9.17, 15) is 9.59 Å². The van der Waals surface area contributed by atoms with Gasteiger partial charge in [0.15, 0.2) is 6.04 Å². The van der Waals surface area contributed by atoms with Gasteiger partial charge in [0.05, 0.1) is 6.61 Å². The van der Waals surface area contributed by atoms with Crippen LogP contribution in [0.15, 0.2) is 18.2 Å². The number of carbonyl (C=O) groups is 2. The summed E-state index contributed by atoms with van der Waals surface area (Å²) in [6.07, 6.45) is 0. The lowest BCUT2D eigenvalue weighted by Crippen LogP contribution is -2.43. The van der Waals surface area contributed by atoms with Crippen LogP contribution in [-0.2, 0) is 4.79 Å². The fourth-order valence-corrected chi connectivity index (χ4v) is 1.58. The molecule has 0 heterocycles. The second-order valence-corrected chi connectivity index (χ2v) is 4.00. The van der Waals surface area contributed by atoms with Crippen LogP contribution in [0.25, 0.3) is 0 Å². The van der Waals surface area contributed by atoms with E-state index in [1.807, 2.05) is 0 Å². The van der Waals surface area contributed by atoms with Crippen LogP contribution in [0, 0.1) is 6.92 Å². The molecule has 0 aromatic heterocycles. The third-order valence-electron chi connectivity index (χ3n) is 2.09. The Kier molecular flexibility index (Phi) is 4.48. The van der Waals surface area contributed by atoms with Crippen molar-refractivity contribution in [2.45, 2.75) is 13.0 Å². The van der Waals surface area contributed by atoms with Gasteiger partial charge >= 0.3 is 5.97 Å². The first-order valence-corrected chi connectivity index (χ1v) is 5.23. The molecule has 0 aliphatic rings. The summed E-state index contributed by atoms with van der Waals surface area (Å²) in [6.45, 7) is 1.10. The van der Waals surface area contributed by atoms with Gasteiger partial charge in [-0.2, -0.15) is 0 Å². The smallest absolute Gasteiger partial charge is 0.328 e. The van der Waals surface area contributed by atoms with Gasteiger partial charge in [0.1, 0.15) is 0 Å². The second-order valence-electron chi connectivity index (χ2n) is 3.56. The van der Waals surface area contributed by atoms with Gasteiger partial charge in [-0.15, -0.1) is 0 Å². The number of carbonyl (C=O) groups excluding carboxylic acids is 1. The molecule has 0 bridgehead atoms. The number of nitrogens with one attached hydrogen (secondary N) is 1. The fourth-order valence-electron chi connectivity index (χ4n) is 1.29. The Hall–Kier alpha value is -1.59. The number of carboxylic acids is 1. The number of amides is 1. The zero-order valence-electron chi connectivity index (χ0n) is 9.11. The highest BCUT2D eigenvalue weighted by atomic mass is 35.5. The van der Waals surface area contributed by atoms with Crippen molar-refractivity contribution < 1.29 is 19.8 Å². The number of hydrogen-bond acceptors (Lipinski definition) is 3. The van der Waals surface area contributed by atoms with Gasteiger partial charge in [0.2, 0.25) is 0 Å². The van der Waals surface area contributed by atoms with Gasteiger partial charge < -0.3 is 15.5 Å². The minimum atomic E-state index is -1.32. The normalized spacial score (nSPS) is 11.9. The molecule has 1 aromatic carbocycles. The van der Waals surface area contributed by atoms with Crippen molar-refractivity contribution in [3.05, 3.63) is 34.3 Å². The minimum absolute atomic E-state index is 0.259. The zero-order chi connectivity index (χ0) is 13.0. The molecule has 0 spiro atoms. The summed E-state index contributed by atoms with van der Waals surface area (Å²) in [5.74, 6) is -1.88. The van der Waals surface area contributed by atoms with Crippen LogP contribution in [0.2, 0.25) is 5.02 Å². The van der Waals surface area contributed by atoms with Crippen molar-refractivity contribution in [2.24, 2.45) is 0 Å². The summed E-state index contributed by atoms with van der Waals surface area (Å²) >= 11 is 5.78. The van der Waals surface area contributed by atoms with Crippen LogP contribution in [0.5, 0.6) is 0 Å². The predicted octanol–water partition coefficient (Wildman–Crippen LogP) is 0.824. The molecule has 1 amide bonds. The monoisotopic (exact) mass is 257 g/mol. The molecule has 1 unspecified atom stereocenters. The number of carboxylic acid groups (broad SMARTS) is 1. The van der Waals surface area contributed by atoms with E-state index in [-0.39, 0.29) is 5.56 Å². The quantitative estimate of drug-likeness (QED) is 0.745. The Morgan fingerprint density at radius 2 is 2.06 bits per heavy atom. The molecule has 0 saturated carbocycles. The van der Waals surface area contributed by atoms with Crippen LogP contribution in [0.3, 0.4) is 0 Å². The third kappa shape index (κ3) is 3.72. The molecule has 1 rings (SSSR count). The van der Waals surface area contributed by atoms with Gasteiger partial charge in [-0.1, -0.05) is 11.6 Å². The lowest BCUT2D eigenvalue weighted by Gasteiger charge is -2.12. The summed E-state index contributed by atoms with van der Waals surface area (Å²) < 4.78 is 0. The van der Waals surface area contributed by atoms with Crippen molar-refractivity contribution in [1.29, 1.82) is 0 Å². The topological polar surface area (TPSA) is 86.6 Å². The molecule has 0 saturated heterocycles. The molecular weight excluding hydrogens is 246 g/mol. The maximum absolute atomic E-state index is 11.7. The lowest BCUT2D eigenvalue weighted by molar-refractivity contribution is -0.140. The zero-order valence-corrected chi connectivity index (χ0v) is 9.86. The standard InChI is InChI=1S/C11H12ClNO4/c1-6-2-7(4-8(12)3-6)10(15)13-9(5-14)11(16)17/h2-4,9,14H,5H2,1H3,(H,13,15)(H,16,17). The molecule has 3 N–H and O–H groups in total. The van der Waals surface area contributed by atoms with Crippen molar-refractivity contribution >= 4 is 23.5 Å². The number of rotatable bonds is 4. The van der Waals surface area contributed by atoms with Crippen molar-refractivity contribution in [3.63, 3.8) is 0 Å². The van der Waals surface area contributed by atoms with Crippen molar-refractivity contribution in [2.75, 3.05) is 6.61 Å². The maximum atomic E-state index is 11.7. The van der Waals surface area contributed by atoms with Crippen LogP contribution in [0.4, 0.5) is 0 Å². The molecule has 5 nitrogen and oxygen atoms in total. The molecule has 1 aromatic rings. The van der Waals surface area contributed by atoms with Gasteiger partial charge in [0.25, 0.3) is 5.91 Å². The molecule has 92 valence electrons. The summed E-state index contributed by atoms with van der Waals surface area (Å²) in [5.41, 5.74) is 1.05. The van der Waals surface area contributed by atoms with Crippen LogP contribution < -0.4 is 5.32 Å². The van der Waals surface area contributed by atoms with E-state index >= 15 is 0 Å². The summed E-state index contributed by atoms with van der Waals surface area (Å²) in [4.78, 5) is 22.3. The van der Waals surface area contributed by atoms with Crippen molar-refractivity contribution in [3.8, 4) is 0 Å². The average molecular weight is 258 g/mol. The van der Waals surface area contributed by atoms with Gasteiger partial charge in [-0.05, 0) is 30.7 Å². The number of aliphatic hydroxyl groups is 1. The van der Waals surface area contributed by atoms with E-state index in [1.54, 1.807) is 19.1 Å². The second kappa shape index (κ2) is 5.65. The lowest BCUT2D eigenvalue weighted by atomic mass is 10.1. The van der Waals surface area contributed by atoms with E-state index in [0.717, 1.165) is 5.56 Å². The Balaban J connectivity index is 2.86. The van der Waals surface area contributed by atoms with E-state index < -0.39 is 24.5 Å². The van der Waals surface area contributed by atoms with Crippen LogP contribution in [0.1, 0.15) is 15.9 Å². The highest BCUT2D eigenvalue weighted by molar-refractivity contribution is 6.31. The Morgan fingerprint density at radius 1 is 1.41 bits per heavy atom. The van der Waals surface area contributed by atoms with Gasteiger partial charge in [0, 0.05) is 10.6 Å². The molecule has 6 heteroatoms. The summed E-state index contributed by atoms with van der Waals surface area (Å²) in [5, 5.41) is 20.0. The Labute approximate surface area is 103 Å². The average Bonchev–Trinajstić information content (AvgIpc) is 2.23. The fraction of sp³-hybridized carbons (Fsp3) is 0.273. The van der Waals surface area contributed by atoms with E-state index in [1.165, 1.54) is 6.07 Å². The number of halogens is 1. The highest BCUT2D eigenvalue weighted by Crippen LogP contribution is 2.14. The number of hydrogen-bond donors (Lipinski definition) is 3. The minimum Gasteiger partial charge on any atom is -0.480 e. The molecule has 0 aliphatic carbocycles. The van der Waals surface area contributed by atoms with E-state index in [2.05, 4.69) is 5.32 Å². The van der Waals surface area contributed by atoms with Crippen molar-refractivity contribution in [1.82, 2.24) is 5.32 Å². The summed E-state index contributed by atoms with van der Waals surface area (Å²) in [7, 11) is 0. The number of aryl methyl sites for hydroxylation is 1. The van der Waals surface area contributed by atoms with Gasteiger partial charge in [-0.25, -0.2) is 4.79 Å². The molecular formula is C11H12ClNO4. The first kappa shape index (κ1) is 13.5. The Bertz CT molecular complexity index is 427. The number of benzene rings is 1. The SMILES string of the molecule is Cc1cc(Cl)cc(C(=O)NC(CO)C(=O)O)c1. The van der Waals surface area contributed by atoms with Crippen LogP contribution in [-0.4, -0.2) is 34.7 Å². The largest absolute Gasteiger partial charge is 0.480 e. The molecule has 1 atom stereocenters. The Morgan fingerprint density at radius 3 is 2.53 bits per heavy atom. The predicted molar refractivity (Wildman–Crippen MR) is 62.2 cm³/mol. The van der Waals surface area contributed by atoms with Crippen LogP contribution >= 0.6 is 11.6 Å².